The Morgan fingerprint density at radius 1 is 0.885 bits per heavy atom. The maximum Gasteiger partial charge on any atom is 0.338 e. The lowest BCUT2D eigenvalue weighted by Gasteiger charge is -2.15. The highest BCUT2D eigenvalue weighted by molar-refractivity contribution is 6.04. The van der Waals surface area contributed by atoms with Gasteiger partial charge in [0.05, 0.1) is 45.2 Å². The topological polar surface area (TPSA) is 66.9 Å². The zero-order chi connectivity index (χ0) is 18.7. The number of carbonyl (C=O) groups is 1. The maximum atomic E-state index is 12.2. The number of pyridine rings is 1. The molecule has 0 radical (unpaired) electrons. The lowest BCUT2D eigenvalue weighted by atomic mass is 10.0. The van der Waals surface area contributed by atoms with E-state index < -0.39 is 5.97 Å². The van der Waals surface area contributed by atoms with Crippen LogP contribution in [0.4, 0.5) is 0 Å². The van der Waals surface area contributed by atoms with Gasteiger partial charge in [-0.25, -0.2) is 9.78 Å². The van der Waals surface area contributed by atoms with Gasteiger partial charge in [0.15, 0.2) is 11.5 Å². The molecular formula is C20H19NO5. The number of methoxy groups -OCH3 is 4. The van der Waals surface area contributed by atoms with Gasteiger partial charge in [-0.1, -0.05) is 18.2 Å². The standard InChI is InChI=1S/C20H19NO5/c1-23-17-9-12(10-18(24-2)19(17)25-3)16-11-14(20(22)26-4)13-7-5-6-8-15(13)21-16/h5-11H,1-4H3. The average Bonchev–Trinajstić information content (AvgIpc) is 2.70. The van der Waals surface area contributed by atoms with Gasteiger partial charge < -0.3 is 18.9 Å². The van der Waals surface area contributed by atoms with Crippen LogP contribution >= 0.6 is 0 Å². The second-order valence-corrected chi connectivity index (χ2v) is 5.48. The van der Waals surface area contributed by atoms with Crippen LogP contribution in [0.15, 0.2) is 42.5 Å². The van der Waals surface area contributed by atoms with Crippen molar-refractivity contribution in [3.8, 4) is 28.5 Å². The Bertz CT molecular complexity index is 943. The van der Waals surface area contributed by atoms with Crippen LogP contribution < -0.4 is 14.2 Å². The predicted molar refractivity (Wildman–Crippen MR) is 98.2 cm³/mol. The summed E-state index contributed by atoms with van der Waals surface area (Å²) in [6.45, 7) is 0. The van der Waals surface area contributed by atoms with Crippen LogP contribution in [0.5, 0.6) is 17.2 Å². The first kappa shape index (κ1) is 17.5. The third-order valence-corrected chi connectivity index (χ3v) is 4.08. The highest BCUT2D eigenvalue weighted by Gasteiger charge is 2.18. The SMILES string of the molecule is COC(=O)c1cc(-c2cc(OC)c(OC)c(OC)c2)nc2ccccc12. The molecule has 3 rings (SSSR count). The fourth-order valence-corrected chi connectivity index (χ4v) is 2.83. The van der Waals surface area contributed by atoms with Crippen molar-refractivity contribution in [3.63, 3.8) is 0 Å². The second-order valence-electron chi connectivity index (χ2n) is 5.48. The highest BCUT2D eigenvalue weighted by Crippen LogP contribution is 2.41. The van der Waals surface area contributed by atoms with Crippen molar-refractivity contribution in [2.45, 2.75) is 0 Å². The molecule has 6 heteroatoms. The number of esters is 1. The molecule has 134 valence electrons. The lowest BCUT2D eigenvalue weighted by molar-refractivity contribution is 0.0603. The summed E-state index contributed by atoms with van der Waals surface area (Å²) in [4.78, 5) is 16.9. The number of ether oxygens (including phenoxy) is 4. The van der Waals surface area contributed by atoms with Crippen molar-refractivity contribution in [2.75, 3.05) is 28.4 Å². The molecule has 0 saturated carbocycles. The zero-order valence-corrected chi connectivity index (χ0v) is 15.0. The van der Waals surface area contributed by atoms with Crippen molar-refractivity contribution in [3.05, 3.63) is 48.0 Å². The first-order valence-corrected chi connectivity index (χ1v) is 7.91. The molecule has 1 aromatic heterocycles. The third-order valence-electron chi connectivity index (χ3n) is 4.08. The van der Waals surface area contributed by atoms with Crippen LogP contribution in [-0.4, -0.2) is 39.4 Å². The van der Waals surface area contributed by atoms with Gasteiger partial charge in [-0.3, -0.25) is 0 Å². The molecule has 0 aliphatic heterocycles. The number of rotatable bonds is 5. The molecule has 0 unspecified atom stereocenters. The number of aromatic nitrogens is 1. The molecule has 1 heterocycles. The molecule has 0 amide bonds. The summed E-state index contributed by atoms with van der Waals surface area (Å²) in [5.74, 6) is 1.10. The van der Waals surface area contributed by atoms with E-state index in [2.05, 4.69) is 4.98 Å². The van der Waals surface area contributed by atoms with Gasteiger partial charge >= 0.3 is 5.97 Å². The molecule has 0 spiro atoms. The van der Waals surface area contributed by atoms with E-state index in [4.69, 9.17) is 18.9 Å². The van der Waals surface area contributed by atoms with Crippen LogP contribution in [0, 0.1) is 0 Å². The van der Waals surface area contributed by atoms with E-state index in [-0.39, 0.29) is 0 Å². The minimum atomic E-state index is -0.419. The number of nitrogens with zero attached hydrogens (tertiary/aromatic N) is 1. The second kappa shape index (κ2) is 7.31. The third kappa shape index (κ3) is 3.01. The van der Waals surface area contributed by atoms with Gasteiger partial charge in [0.2, 0.25) is 5.75 Å². The number of fused-ring (bicyclic) bond motifs is 1. The summed E-state index contributed by atoms with van der Waals surface area (Å²) in [6.07, 6.45) is 0. The Balaban J connectivity index is 2.27. The Labute approximate surface area is 151 Å². The van der Waals surface area contributed by atoms with E-state index in [0.717, 1.165) is 10.9 Å². The number of hydrogen-bond acceptors (Lipinski definition) is 6. The van der Waals surface area contributed by atoms with E-state index >= 15 is 0 Å². The van der Waals surface area contributed by atoms with Gasteiger partial charge in [-0.05, 0) is 24.3 Å². The van der Waals surface area contributed by atoms with E-state index in [1.54, 1.807) is 39.5 Å². The Kier molecular flexibility index (Phi) is 4.93. The molecule has 2 aromatic carbocycles. The van der Waals surface area contributed by atoms with Crippen molar-refractivity contribution in [2.24, 2.45) is 0 Å². The van der Waals surface area contributed by atoms with Crippen LogP contribution in [-0.2, 0) is 4.74 Å². The summed E-state index contributed by atoms with van der Waals surface area (Å²) in [5, 5.41) is 0.732. The summed E-state index contributed by atoms with van der Waals surface area (Å²) in [5.41, 5.74) is 2.47. The van der Waals surface area contributed by atoms with Crippen LogP contribution in [0.1, 0.15) is 10.4 Å². The van der Waals surface area contributed by atoms with Crippen molar-refractivity contribution < 1.29 is 23.7 Å². The summed E-state index contributed by atoms with van der Waals surface area (Å²) in [6, 6.07) is 12.7. The molecule has 0 bridgehead atoms. The first-order chi connectivity index (χ1) is 12.6. The summed E-state index contributed by atoms with van der Waals surface area (Å²) >= 11 is 0. The number of para-hydroxylation sites is 1. The Hall–Kier alpha value is -3.28. The van der Waals surface area contributed by atoms with Gasteiger partial charge in [0.25, 0.3) is 0 Å². The zero-order valence-electron chi connectivity index (χ0n) is 15.0. The smallest absolute Gasteiger partial charge is 0.338 e. The van der Waals surface area contributed by atoms with Crippen LogP contribution in [0.2, 0.25) is 0 Å². The fourth-order valence-electron chi connectivity index (χ4n) is 2.83. The monoisotopic (exact) mass is 353 g/mol. The van der Waals surface area contributed by atoms with Gasteiger partial charge in [-0.15, -0.1) is 0 Å². The Morgan fingerprint density at radius 2 is 1.54 bits per heavy atom. The van der Waals surface area contributed by atoms with Crippen molar-refractivity contribution in [1.29, 1.82) is 0 Å². The molecule has 0 fully saturated rings. The quantitative estimate of drug-likeness (QED) is 0.652. The summed E-state index contributed by atoms with van der Waals surface area (Å²) < 4.78 is 21.1. The van der Waals surface area contributed by atoms with Gasteiger partial charge in [0, 0.05) is 10.9 Å². The molecule has 3 aromatic rings. The van der Waals surface area contributed by atoms with Crippen molar-refractivity contribution in [1.82, 2.24) is 4.98 Å². The van der Waals surface area contributed by atoms with E-state index in [1.165, 1.54) is 7.11 Å². The molecule has 0 saturated heterocycles. The van der Waals surface area contributed by atoms with Crippen LogP contribution in [0.25, 0.3) is 22.2 Å². The predicted octanol–water partition coefficient (Wildman–Crippen LogP) is 3.71. The Morgan fingerprint density at radius 3 is 2.12 bits per heavy atom. The van der Waals surface area contributed by atoms with E-state index in [1.807, 2.05) is 24.3 Å². The largest absolute Gasteiger partial charge is 0.493 e. The number of hydrogen-bond donors (Lipinski definition) is 0. The highest BCUT2D eigenvalue weighted by atomic mass is 16.5. The first-order valence-electron chi connectivity index (χ1n) is 7.91. The molecule has 0 atom stereocenters. The minimum Gasteiger partial charge on any atom is -0.493 e. The molecule has 26 heavy (non-hydrogen) atoms. The van der Waals surface area contributed by atoms with Gasteiger partial charge in [0.1, 0.15) is 0 Å². The van der Waals surface area contributed by atoms with E-state index in [0.29, 0.717) is 34.0 Å². The fraction of sp³-hybridized carbons (Fsp3) is 0.200. The molecule has 0 aliphatic rings. The normalized spacial score (nSPS) is 10.5. The van der Waals surface area contributed by atoms with Gasteiger partial charge in [-0.2, -0.15) is 0 Å². The molecular weight excluding hydrogens is 334 g/mol. The average molecular weight is 353 g/mol. The summed E-state index contributed by atoms with van der Waals surface area (Å²) in [7, 11) is 6.00. The van der Waals surface area contributed by atoms with Crippen LogP contribution in [0.3, 0.4) is 0 Å². The number of carbonyl (C=O) groups excluding carboxylic acids is 1. The molecule has 0 aliphatic carbocycles. The number of benzene rings is 2. The molecule has 6 nitrogen and oxygen atoms in total. The maximum absolute atomic E-state index is 12.2. The molecule has 0 N–H and O–H groups in total. The minimum absolute atomic E-state index is 0.419. The van der Waals surface area contributed by atoms with Crippen molar-refractivity contribution >= 4 is 16.9 Å². The lowest BCUT2D eigenvalue weighted by Crippen LogP contribution is -2.04. The van der Waals surface area contributed by atoms with E-state index in [9.17, 15) is 4.79 Å².